The van der Waals surface area contributed by atoms with E-state index in [0.717, 1.165) is 29.8 Å². The molecular weight excluding hydrogens is 284 g/mol. The van der Waals surface area contributed by atoms with Crippen molar-refractivity contribution in [3.8, 4) is 0 Å². The molecule has 1 unspecified atom stereocenters. The Bertz CT molecular complexity index is 637. The number of rotatable bonds is 6. The Morgan fingerprint density at radius 1 is 1.18 bits per heavy atom. The first-order valence-corrected chi connectivity index (χ1v) is 7.74. The molecule has 1 aromatic heterocycles. The molecule has 1 saturated carbocycles. The Hall–Kier alpha value is -1.75. The van der Waals surface area contributed by atoms with E-state index in [9.17, 15) is 8.78 Å². The first-order valence-electron chi connectivity index (χ1n) is 7.74. The lowest BCUT2D eigenvalue weighted by molar-refractivity contribution is -0.117. The largest absolute Gasteiger partial charge is 0.369 e. The molecule has 1 aromatic carbocycles. The summed E-state index contributed by atoms with van der Waals surface area (Å²) >= 11 is 0. The van der Waals surface area contributed by atoms with E-state index in [1.54, 1.807) is 0 Å². The summed E-state index contributed by atoms with van der Waals surface area (Å²) in [5, 5.41) is 7.68. The fraction of sp³-hybridized carbons (Fsp3) is 0.471. The van der Waals surface area contributed by atoms with Crippen molar-refractivity contribution in [3.05, 3.63) is 36.4 Å². The molecule has 0 amide bonds. The maximum Gasteiger partial charge on any atom is 0.248 e. The van der Waals surface area contributed by atoms with Crippen LogP contribution in [-0.2, 0) is 0 Å². The number of benzene rings is 1. The van der Waals surface area contributed by atoms with E-state index in [0.29, 0.717) is 0 Å². The quantitative estimate of drug-likeness (QED) is 0.800. The van der Waals surface area contributed by atoms with Gasteiger partial charge in [0.1, 0.15) is 5.82 Å². The lowest BCUT2D eigenvalue weighted by Crippen LogP contribution is -2.47. The fourth-order valence-corrected chi connectivity index (χ4v) is 2.88. The molecule has 1 aliphatic carbocycles. The number of aromatic nitrogens is 1. The number of para-hydroxylation sites is 1. The van der Waals surface area contributed by atoms with Crippen LogP contribution < -0.4 is 10.6 Å². The summed E-state index contributed by atoms with van der Waals surface area (Å²) < 4.78 is 25.7. The summed E-state index contributed by atoms with van der Waals surface area (Å²) in [4.78, 5) is 4.54. The monoisotopic (exact) mass is 305 g/mol. The zero-order chi connectivity index (χ0) is 15.6. The van der Waals surface area contributed by atoms with E-state index in [2.05, 4.69) is 15.6 Å². The average Bonchev–Trinajstić information content (AvgIpc) is 2.48. The van der Waals surface area contributed by atoms with Crippen LogP contribution in [0.25, 0.3) is 10.9 Å². The fourth-order valence-electron chi connectivity index (χ4n) is 2.88. The van der Waals surface area contributed by atoms with E-state index in [1.807, 2.05) is 43.3 Å². The smallest absolute Gasteiger partial charge is 0.248 e. The van der Waals surface area contributed by atoms with Crippen molar-refractivity contribution >= 4 is 16.7 Å². The average molecular weight is 305 g/mol. The Balaban J connectivity index is 1.42. The normalized spacial score (nSPS) is 18.9. The van der Waals surface area contributed by atoms with Gasteiger partial charge < -0.3 is 10.6 Å². The molecule has 3 rings (SSSR count). The highest BCUT2D eigenvalue weighted by atomic mass is 19.3. The molecule has 1 fully saturated rings. The molecule has 1 atom stereocenters. The molecule has 5 heteroatoms. The van der Waals surface area contributed by atoms with Gasteiger partial charge in [-0.15, -0.1) is 0 Å². The molecule has 118 valence electrons. The van der Waals surface area contributed by atoms with Gasteiger partial charge in [0.15, 0.2) is 0 Å². The molecule has 0 aliphatic heterocycles. The highest BCUT2D eigenvalue weighted by Gasteiger charge is 2.47. The number of halogens is 2. The first kappa shape index (κ1) is 15.2. The zero-order valence-corrected chi connectivity index (χ0v) is 12.7. The van der Waals surface area contributed by atoms with Gasteiger partial charge in [0.25, 0.3) is 0 Å². The van der Waals surface area contributed by atoms with Gasteiger partial charge in [-0.05, 0) is 31.0 Å². The molecule has 0 saturated heterocycles. The summed E-state index contributed by atoms with van der Waals surface area (Å²) in [6, 6.07) is 12.1. The molecule has 3 nitrogen and oxygen atoms in total. The van der Waals surface area contributed by atoms with Crippen molar-refractivity contribution in [1.29, 1.82) is 0 Å². The maximum atomic E-state index is 12.8. The van der Waals surface area contributed by atoms with Gasteiger partial charge >= 0.3 is 0 Å². The first-order chi connectivity index (χ1) is 10.5. The number of pyridine rings is 1. The zero-order valence-electron chi connectivity index (χ0n) is 12.7. The Morgan fingerprint density at radius 3 is 2.73 bits per heavy atom. The van der Waals surface area contributed by atoms with Crippen LogP contribution in [0.2, 0.25) is 0 Å². The molecule has 1 aliphatic rings. The molecule has 1 heterocycles. The van der Waals surface area contributed by atoms with Gasteiger partial charge in [-0.3, -0.25) is 0 Å². The number of hydrogen-bond donors (Lipinski definition) is 2. The molecule has 0 bridgehead atoms. The minimum Gasteiger partial charge on any atom is -0.369 e. The van der Waals surface area contributed by atoms with Crippen LogP contribution in [0.4, 0.5) is 14.6 Å². The van der Waals surface area contributed by atoms with E-state index in [4.69, 9.17) is 0 Å². The van der Waals surface area contributed by atoms with Crippen molar-refractivity contribution < 1.29 is 8.78 Å². The number of alkyl halides is 2. The number of nitrogens with zero attached hydrogens (tertiary/aromatic N) is 1. The minimum absolute atomic E-state index is 0.0147. The van der Waals surface area contributed by atoms with E-state index in [1.165, 1.54) is 0 Å². The van der Waals surface area contributed by atoms with Crippen LogP contribution in [0.5, 0.6) is 0 Å². The SMILES string of the molecule is CC(NCCNc1ccc2ccccc2n1)C1CC(F)(F)C1. The standard InChI is InChI=1S/C17H21F2N3/c1-12(14-10-17(18,19)11-14)20-8-9-21-16-7-6-13-4-2-3-5-15(13)22-16/h2-7,12,14,20H,8-11H2,1H3,(H,21,22). The van der Waals surface area contributed by atoms with Gasteiger partial charge in [0, 0.05) is 37.4 Å². The van der Waals surface area contributed by atoms with Crippen LogP contribution >= 0.6 is 0 Å². The van der Waals surface area contributed by atoms with Gasteiger partial charge in [-0.25, -0.2) is 13.8 Å². The van der Waals surface area contributed by atoms with E-state index < -0.39 is 5.92 Å². The Labute approximate surface area is 129 Å². The second-order valence-corrected chi connectivity index (χ2v) is 6.08. The maximum absolute atomic E-state index is 12.8. The van der Waals surface area contributed by atoms with E-state index >= 15 is 0 Å². The number of anilines is 1. The van der Waals surface area contributed by atoms with Gasteiger partial charge in [-0.1, -0.05) is 18.2 Å². The highest BCUT2D eigenvalue weighted by Crippen LogP contribution is 2.43. The second-order valence-electron chi connectivity index (χ2n) is 6.08. The minimum atomic E-state index is -2.44. The van der Waals surface area contributed by atoms with Crippen molar-refractivity contribution in [3.63, 3.8) is 0 Å². The lowest BCUT2D eigenvalue weighted by Gasteiger charge is -2.39. The van der Waals surface area contributed by atoms with Crippen molar-refractivity contribution in [1.82, 2.24) is 10.3 Å². The summed E-state index contributed by atoms with van der Waals surface area (Å²) in [6.45, 7) is 3.44. The Kier molecular flexibility index (Phi) is 4.25. The third kappa shape index (κ3) is 3.53. The summed E-state index contributed by atoms with van der Waals surface area (Å²) in [6.07, 6.45) is 0.0294. The van der Waals surface area contributed by atoms with Crippen LogP contribution in [0.1, 0.15) is 19.8 Å². The van der Waals surface area contributed by atoms with Crippen molar-refractivity contribution in [2.45, 2.75) is 31.7 Å². The van der Waals surface area contributed by atoms with Crippen molar-refractivity contribution in [2.75, 3.05) is 18.4 Å². The molecular formula is C17H21F2N3. The topological polar surface area (TPSA) is 37.0 Å². The van der Waals surface area contributed by atoms with Crippen LogP contribution in [0, 0.1) is 5.92 Å². The number of hydrogen-bond acceptors (Lipinski definition) is 3. The van der Waals surface area contributed by atoms with E-state index in [-0.39, 0.29) is 24.8 Å². The predicted octanol–water partition coefficient (Wildman–Crippen LogP) is 3.67. The van der Waals surface area contributed by atoms with Gasteiger partial charge in [0.2, 0.25) is 5.92 Å². The highest BCUT2D eigenvalue weighted by molar-refractivity contribution is 5.79. The Morgan fingerprint density at radius 2 is 1.95 bits per heavy atom. The second kappa shape index (κ2) is 6.16. The van der Waals surface area contributed by atoms with Gasteiger partial charge in [0.05, 0.1) is 5.52 Å². The van der Waals surface area contributed by atoms with Crippen LogP contribution in [0.15, 0.2) is 36.4 Å². The summed E-state index contributed by atoms with van der Waals surface area (Å²) in [5.41, 5.74) is 0.963. The third-order valence-corrected chi connectivity index (χ3v) is 4.32. The lowest BCUT2D eigenvalue weighted by atomic mass is 9.77. The third-order valence-electron chi connectivity index (χ3n) is 4.32. The van der Waals surface area contributed by atoms with Crippen LogP contribution in [-0.4, -0.2) is 30.0 Å². The predicted molar refractivity (Wildman–Crippen MR) is 85.4 cm³/mol. The number of nitrogens with one attached hydrogen (secondary N) is 2. The van der Waals surface area contributed by atoms with Crippen LogP contribution in [0.3, 0.4) is 0 Å². The van der Waals surface area contributed by atoms with Gasteiger partial charge in [-0.2, -0.15) is 0 Å². The molecule has 22 heavy (non-hydrogen) atoms. The molecule has 0 radical (unpaired) electrons. The van der Waals surface area contributed by atoms with Crippen molar-refractivity contribution in [2.24, 2.45) is 5.92 Å². The summed E-state index contributed by atoms with van der Waals surface area (Å²) in [5.74, 6) is -1.51. The molecule has 0 spiro atoms. The molecule has 2 aromatic rings. The number of fused-ring (bicyclic) bond motifs is 1. The molecule has 2 N–H and O–H groups in total. The summed E-state index contributed by atoms with van der Waals surface area (Å²) in [7, 11) is 0.